The van der Waals surface area contributed by atoms with Crippen LogP contribution in [0.15, 0.2) is 59.4 Å². The van der Waals surface area contributed by atoms with E-state index in [2.05, 4.69) is 35.6 Å². The number of rotatable bonds is 7. The zero-order valence-electron chi connectivity index (χ0n) is 17.1. The molecule has 160 valence electrons. The Balaban J connectivity index is 0.000000343. The molecule has 7 nitrogen and oxygen atoms in total. The molecule has 0 radical (unpaired) electrons. The van der Waals surface area contributed by atoms with Gasteiger partial charge in [-0.05, 0) is 49.8 Å². The number of nitrogens with zero attached hydrogens (tertiary/aromatic N) is 1. The van der Waals surface area contributed by atoms with Gasteiger partial charge in [-0.25, -0.2) is 9.59 Å². The molecule has 1 heterocycles. The molecule has 1 aliphatic carbocycles. The minimum absolute atomic E-state index is 0.100. The third-order valence-electron chi connectivity index (χ3n) is 5.00. The van der Waals surface area contributed by atoms with Crippen molar-refractivity contribution in [2.24, 2.45) is 7.05 Å². The van der Waals surface area contributed by atoms with Gasteiger partial charge >= 0.3 is 11.9 Å². The molecule has 0 aliphatic heterocycles. The highest BCUT2D eigenvalue weighted by atomic mass is 16.4. The van der Waals surface area contributed by atoms with Crippen LogP contribution in [0.5, 0.6) is 0 Å². The summed E-state index contributed by atoms with van der Waals surface area (Å²) in [6.45, 7) is 1.02. The van der Waals surface area contributed by atoms with E-state index >= 15 is 0 Å². The number of pyridine rings is 1. The molecule has 0 saturated heterocycles. The fourth-order valence-corrected chi connectivity index (χ4v) is 3.52. The summed E-state index contributed by atoms with van der Waals surface area (Å²) in [5, 5.41) is 19.3. The van der Waals surface area contributed by atoms with Crippen molar-refractivity contribution in [3.63, 3.8) is 0 Å². The normalized spacial score (nSPS) is 15.2. The Bertz CT molecular complexity index is 918. The summed E-state index contributed by atoms with van der Waals surface area (Å²) in [7, 11) is 1.89. The first-order chi connectivity index (χ1) is 14.4. The van der Waals surface area contributed by atoms with Crippen molar-refractivity contribution in [2.75, 3.05) is 6.54 Å². The van der Waals surface area contributed by atoms with Gasteiger partial charge in [-0.3, -0.25) is 4.79 Å². The molecule has 1 atom stereocenters. The molecule has 30 heavy (non-hydrogen) atoms. The van der Waals surface area contributed by atoms with E-state index in [1.54, 1.807) is 6.07 Å². The van der Waals surface area contributed by atoms with E-state index in [-0.39, 0.29) is 5.56 Å². The van der Waals surface area contributed by atoms with Crippen LogP contribution in [0.3, 0.4) is 0 Å². The minimum Gasteiger partial charge on any atom is -0.478 e. The second kappa shape index (κ2) is 11.7. The monoisotopic (exact) mass is 412 g/mol. The van der Waals surface area contributed by atoms with Gasteiger partial charge in [-0.1, -0.05) is 36.4 Å². The van der Waals surface area contributed by atoms with Gasteiger partial charge in [0.1, 0.15) is 0 Å². The van der Waals surface area contributed by atoms with Crippen molar-refractivity contribution < 1.29 is 19.8 Å². The Morgan fingerprint density at radius 3 is 2.40 bits per heavy atom. The highest BCUT2D eigenvalue weighted by Gasteiger charge is 2.21. The van der Waals surface area contributed by atoms with Crippen molar-refractivity contribution in [3.05, 3.63) is 81.8 Å². The number of carboxylic acid groups (broad SMARTS) is 2. The summed E-state index contributed by atoms with van der Waals surface area (Å²) in [6, 6.07) is 14.7. The summed E-state index contributed by atoms with van der Waals surface area (Å²) < 4.78 is 1.81. The van der Waals surface area contributed by atoms with Crippen molar-refractivity contribution >= 4 is 11.9 Å². The zero-order chi connectivity index (χ0) is 21.9. The Morgan fingerprint density at radius 1 is 1.10 bits per heavy atom. The molecular formula is C23H28N2O5. The molecule has 0 saturated carbocycles. The van der Waals surface area contributed by atoms with E-state index in [1.165, 1.54) is 16.8 Å². The smallest absolute Gasteiger partial charge is 0.328 e. The van der Waals surface area contributed by atoms with E-state index in [0.29, 0.717) is 18.2 Å². The second-order valence-corrected chi connectivity index (χ2v) is 7.13. The molecule has 1 aromatic carbocycles. The molecular weight excluding hydrogens is 384 g/mol. The second-order valence-electron chi connectivity index (χ2n) is 7.13. The van der Waals surface area contributed by atoms with Crippen LogP contribution < -0.4 is 10.9 Å². The lowest BCUT2D eigenvalue weighted by atomic mass is 9.91. The van der Waals surface area contributed by atoms with Crippen LogP contribution in [-0.2, 0) is 29.5 Å². The Kier molecular flexibility index (Phi) is 9.03. The number of aryl methyl sites for hydroxylation is 1. The quantitative estimate of drug-likeness (QED) is 0.477. The van der Waals surface area contributed by atoms with Crippen LogP contribution in [0.1, 0.15) is 42.1 Å². The maximum atomic E-state index is 11.8. The summed E-state index contributed by atoms with van der Waals surface area (Å²) in [5.41, 5.74) is 4.02. The van der Waals surface area contributed by atoms with E-state index in [4.69, 9.17) is 10.2 Å². The standard InChI is InChI=1S/C19H24N2O.C4H4O4/c1-21-18-11-5-10-17(16(18)12-13-19(21)22)20-14-6-9-15-7-3-2-4-8-15;5-3(6)1-2-4(7)8/h2-4,7-8,12-13,17,20H,5-6,9-11,14H2,1H3;1-2H,(H,5,6)(H,7,8). The number of aromatic nitrogens is 1. The molecule has 0 spiro atoms. The number of fused-ring (bicyclic) bond motifs is 1. The zero-order valence-corrected chi connectivity index (χ0v) is 17.1. The number of benzene rings is 1. The van der Waals surface area contributed by atoms with Gasteiger partial charge in [0.25, 0.3) is 0 Å². The van der Waals surface area contributed by atoms with Crippen molar-refractivity contribution in [3.8, 4) is 0 Å². The highest BCUT2D eigenvalue weighted by molar-refractivity contribution is 5.89. The average molecular weight is 412 g/mol. The van der Waals surface area contributed by atoms with Crippen molar-refractivity contribution in [1.29, 1.82) is 0 Å². The van der Waals surface area contributed by atoms with Gasteiger partial charge in [0, 0.05) is 37.0 Å². The molecule has 1 aromatic heterocycles. The van der Waals surface area contributed by atoms with E-state index in [0.717, 1.165) is 38.6 Å². The van der Waals surface area contributed by atoms with Gasteiger partial charge in [0.2, 0.25) is 5.56 Å². The maximum Gasteiger partial charge on any atom is 0.328 e. The van der Waals surface area contributed by atoms with Crippen LogP contribution in [0, 0.1) is 0 Å². The van der Waals surface area contributed by atoms with E-state index in [9.17, 15) is 14.4 Å². The topological polar surface area (TPSA) is 109 Å². The predicted molar refractivity (Wildman–Crippen MR) is 115 cm³/mol. The molecule has 0 amide bonds. The SMILES string of the molecule is Cn1c2c(ccc1=O)C(NCCCc1ccccc1)CCC2.O=C(O)C=CC(=O)O. The van der Waals surface area contributed by atoms with Crippen LogP contribution in [-0.4, -0.2) is 33.3 Å². The molecule has 0 fully saturated rings. The highest BCUT2D eigenvalue weighted by Crippen LogP contribution is 2.28. The fourth-order valence-electron chi connectivity index (χ4n) is 3.52. The number of aliphatic carboxylic acids is 2. The minimum atomic E-state index is -1.26. The van der Waals surface area contributed by atoms with Crippen LogP contribution >= 0.6 is 0 Å². The first-order valence-electron chi connectivity index (χ1n) is 9.98. The van der Waals surface area contributed by atoms with Gasteiger partial charge in [0.15, 0.2) is 0 Å². The first kappa shape index (κ1) is 23.1. The van der Waals surface area contributed by atoms with Crippen LogP contribution in [0.2, 0.25) is 0 Å². The van der Waals surface area contributed by atoms with Crippen molar-refractivity contribution in [1.82, 2.24) is 9.88 Å². The number of carboxylic acids is 2. The third kappa shape index (κ3) is 7.33. The summed E-state index contributed by atoms with van der Waals surface area (Å²) >= 11 is 0. The molecule has 0 bridgehead atoms. The summed E-state index contributed by atoms with van der Waals surface area (Å²) in [4.78, 5) is 30.9. The molecule has 3 rings (SSSR count). The van der Waals surface area contributed by atoms with E-state index < -0.39 is 11.9 Å². The van der Waals surface area contributed by atoms with Crippen molar-refractivity contribution in [2.45, 2.75) is 38.1 Å². The van der Waals surface area contributed by atoms with Crippen LogP contribution in [0.25, 0.3) is 0 Å². The van der Waals surface area contributed by atoms with Gasteiger partial charge in [-0.15, -0.1) is 0 Å². The Labute approximate surface area is 175 Å². The number of carbonyl (C=O) groups is 2. The number of nitrogens with one attached hydrogen (secondary N) is 1. The lowest BCUT2D eigenvalue weighted by Gasteiger charge is -2.27. The Morgan fingerprint density at radius 2 is 1.77 bits per heavy atom. The summed E-state index contributed by atoms with van der Waals surface area (Å²) in [5.74, 6) is -2.51. The lowest BCUT2D eigenvalue weighted by molar-refractivity contribution is -0.134. The van der Waals surface area contributed by atoms with Gasteiger partial charge < -0.3 is 20.1 Å². The molecule has 1 aliphatic rings. The number of hydrogen-bond donors (Lipinski definition) is 3. The van der Waals surface area contributed by atoms with Gasteiger partial charge in [-0.2, -0.15) is 0 Å². The summed E-state index contributed by atoms with van der Waals surface area (Å²) in [6.07, 6.45) is 6.70. The third-order valence-corrected chi connectivity index (χ3v) is 5.00. The average Bonchev–Trinajstić information content (AvgIpc) is 2.74. The molecule has 7 heteroatoms. The number of hydrogen-bond acceptors (Lipinski definition) is 4. The lowest BCUT2D eigenvalue weighted by Crippen LogP contribution is -2.31. The molecule has 3 N–H and O–H groups in total. The fraction of sp³-hybridized carbons (Fsp3) is 0.348. The van der Waals surface area contributed by atoms with E-state index in [1.807, 2.05) is 17.7 Å². The predicted octanol–water partition coefficient (Wildman–Crippen LogP) is 2.70. The Hall–Kier alpha value is -3.19. The first-order valence-corrected chi connectivity index (χ1v) is 9.98. The maximum absolute atomic E-state index is 11.8. The van der Waals surface area contributed by atoms with Crippen LogP contribution in [0.4, 0.5) is 0 Å². The largest absolute Gasteiger partial charge is 0.478 e. The molecule has 1 unspecified atom stereocenters. The van der Waals surface area contributed by atoms with Gasteiger partial charge in [0.05, 0.1) is 0 Å². The molecule has 2 aromatic rings.